The largest absolute Gasteiger partial charge is 0.507 e. The van der Waals surface area contributed by atoms with Gasteiger partial charge in [-0.3, -0.25) is 0 Å². The molecule has 3 rings (SSSR count). The summed E-state index contributed by atoms with van der Waals surface area (Å²) in [5.74, 6) is 1.43. The zero-order valence-electron chi connectivity index (χ0n) is 10.8. The molecule has 2 aromatic heterocycles. The summed E-state index contributed by atoms with van der Waals surface area (Å²) in [4.78, 5) is 15.2. The maximum Gasteiger partial charge on any atom is 0.182 e. The molecule has 102 valence electrons. The van der Waals surface area contributed by atoms with E-state index in [1.807, 2.05) is 0 Å². The molecule has 7 nitrogen and oxygen atoms in total. The summed E-state index contributed by atoms with van der Waals surface area (Å²) in [5, 5.41) is 13.0. The van der Waals surface area contributed by atoms with E-state index in [9.17, 15) is 5.11 Å². The normalized spacial score (nSPS) is 10.7. The van der Waals surface area contributed by atoms with Crippen LogP contribution in [0.5, 0.6) is 11.5 Å². The predicted octanol–water partition coefficient (Wildman–Crippen LogP) is 1.68. The van der Waals surface area contributed by atoms with Crippen molar-refractivity contribution in [3.8, 4) is 11.5 Å². The number of imidazole rings is 1. The first kappa shape index (κ1) is 12.2. The Morgan fingerprint density at radius 3 is 3.00 bits per heavy atom. The quantitative estimate of drug-likeness (QED) is 0.668. The lowest BCUT2D eigenvalue weighted by Gasteiger charge is -2.09. The first-order chi connectivity index (χ1) is 9.78. The number of phenols is 1. The van der Waals surface area contributed by atoms with Crippen molar-refractivity contribution in [2.24, 2.45) is 0 Å². The van der Waals surface area contributed by atoms with Crippen LogP contribution in [0, 0.1) is 0 Å². The molecule has 0 aliphatic rings. The highest BCUT2D eigenvalue weighted by atomic mass is 16.5. The number of aromatic hydroxyl groups is 1. The lowest BCUT2D eigenvalue weighted by molar-refractivity contribution is 0.406. The predicted molar refractivity (Wildman–Crippen MR) is 73.7 cm³/mol. The van der Waals surface area contributed by atoms with E-state index in [0.29, 0.717) is 23.8 Å². The van der Waals surface area contributed by atoms with E-state index < -0.39 is 0 Å². The van der Waals surface area contributed by atoms with Gasteiger partial charge in [-0.1, -0.05) is 0 Å². The Morgan fingerprint density at radius 2 is 2.20 bits per heavy atom. The van der Waals surface area contributed by atoms with Crippen LogP contribution in [0.1, 0.15) is 5.56 Å². The maximum atomic E-state index is 9.90. The molecule has 0 spiro atoms. The zero-order chi connectivity index (χ0) is 13.9. The van der Waals surface area contributed by atoms with Crippen molar-refractivity contribution in [2.45, 2.75) is 6.54 Å². The Kier molecular flexibility index (Phi) is 3.08. The van der Waals surface area contributed by atoms with Crippen molar-refractivity contribution in [3.63, 3.8) is 0 Å². The third-order valence-electron chi connectivity index (χ3n) is 2.96. The number of anilines is 1. The first-order valence-electron chi connectivity index (χ1n) is 6.02. The second-order valence-electron chi connectivity index (χ2n) is 4.17. The van der Waals surface area contributed by atoms with Crippen molar-refractivity contribution in [1.29, 1.82) is 0 Å². The number of benzene rings is 1. The number of nitrogens with zero attached hydrogens (tertiary/aromatic N) is 3. The van der Waals surface area contributed by atoms with Gasteiger partial charge in [-0.25, -0.2) is 15.0 Å². The molecule has 0 saturated heterocycles. The number of fused-ring (bicyclic) bond motifs is 1. The first-order valence-corrected chi connectivity index (χ1v) is 6.02. The highest BCUT2D eigenvalue weighted by Crippen LogP contribution is 2.24. The van der Waals surface area contributed by atoms with Crippen LogP contribution in [0.2, 0.25) is 0 Å². The van der Waals surface area contributed by atoms with Crippen molar-refractivity contribution in [1.82, 2.24) is 19.9 Å². The van der Waals surface area contributed by atoms with Crippen LogP contribution in [0.15, 0.2) is 30.9 Å². The molecular formula is C13H13N5O2. The average molecular weight is 271 g/mol. The topological polar surface area (TPSA) is 96.0 Å². The number of hydrogen-bond donors (Lipinski definition) is 3. The van der Waals surface area contributed by atoms with Gasteiger partial charge in [0.05, 0.1) is 13.4 Å². The molecular weight excluding hydrogens is 258 g/mol. The van der Waals surface area contributed by atoms with E-state index in [4.69, 9.17) is 4.74 Å². The van der Waals surface area contributed by atoms with Crippen LogP contribution in [0.25, 0.3) is 11.2 Å². The van der Waals surface area contributed by atoms with Crippen LogP contribution in [0.4, 0.5) is 5.82 Å². The fraction of sp³-hybridized carbons (Fsp3) is 0.154. The third-order valence-corrected chi connectivity index (χ3v) is 2.96. The number of aromatic nitrogens is 4. The average Bonchev–Trinajstić information content (AvgIpc) is 2.95. The summed E-state index contributed by atoms with van der Waals surface area (Å²) in [6, 6.07) is 5.16. The summed E-state index contributed by atoms with van der Waals surface area (Å²) in [6.45, 7) is 0.432. The molecule has 0 aliphatic heterocycles. The van der Waals surface area contributed by atoms with Crippen molar-refractivity contribution in [3.05, 3.63) is 36.4 Å². The van der Waals surface area contributed by atoms with Gasteiger partial charge in [-0.05, 0) is 12.1 Å². The second-order valence-corrected chi connectivity index (χ2v) is 4.17. The van der Waals surface area contributed by atoms with Gasteiger partial charge in [-0.15, -0.1) is 0 Å². The highest BCUT2D eigenvalue weighted by molar-refractivity contribution is 5.81. The summed E-state index contributed by atoms with van der Waals surface area (Å²) in [5.41, 5.74) is 2.08. The number of hydrogen-bond acceptors (Lipinski definition) is 6. The molecule has 0 radical (unpaired) electrons. The minimum Gasteiger partial charge on any atom is -0.507 e. The third kappa shape index (κ3) is 2.20. The number of ether oxygens (including phenoxy) is 1. The lowest BCUT2D eigenvalue weighted by Crippen LogP contribution is -2.03. The van der Waals surface area contributed by atoms with Gasteiger partial charge < -0.3 is 20.1 Å². The Morgan fingerprint density at radius 1 is 1.30 bits per heavy atom. The molecule has 0 atom stereocenters. The van der Waals surface area contributed by atoms with E-state index >= 15 is 0 Å². The fourth-order valence-corrected chi connectivity index (χ4v) is 1.90. The maximum absolute atomic E-state index is 9.90. The Labute approximate surface area is 114 Å². The summed E-state index contributed by atoms with van der Waals surface area (Å²) >= 11 is 0. The molecule has 2 heterocycles. The molecule has 7 heteroatoms. The van der Waals surface area contributed by atoms with Crippen LogP contribution in [0.3, 0.4) is 0 Å². The summed E-state index contributed by atoms with van der Waals surface area (Å²) < 4.78 is 5.05. The van der Waals surface area contributed by atoms with E-state index in [0.717, 1.165) is 11.1 Å². The minimum atomic E-state index is 0.173. The Balaban J connectivity index is 1.81. The van der Waals surface area contributed by atoms with Gasteiger partial charge in [0.2, 0.25) is 0 Å². The van der Waals surface area contributed by atoms with Crippen LogP contribution >= 0.6 is 0 Å². The Hall–Kier alpha value is -2.83. The summed E-state index contributed by atoms with van der Waals surface area (Å²) in [6.07, 6.45) is 3.01. The number of H-pyrrole nitrogens is 1. The molecule has 0 unspecified atom stereocenters. The van der Waals surface area contributed by atoms with E-state index in [1.54, 1.807) is 31.6 Å². The van der Waals surface area contributed by atoms with Crippen molar-refractivity contribution >= 4 is 17.0 Å². The van der Waals surface area contributed by atoms with E-state index in [1.165, 1.54) is 6.33 Å². The molecule has 0 aliphatic carbocycles. The standard InChI is InChI=1S/C13H13N5O2/c1-20-9-3-2-8(10(19)4-9)5-14-12-11-13(16-6-15-11)18-7-17-12/h2-4,6-7,19H,5H2,1H3,(H2,14,15,16,17,18). The zero-order valence-corrected chi connectivity index (χ0v) is 10.8. The minimum absolute atomic E-state index is 0.173. The summed E-state index contributed by atoms with van der Waals surface area (Å²) in [7, 11) is 1.56. The molecule has 0 amide bonds. The van der Waals surface area contributed by atoms with Gasteiger partial charge >= 0.3 is 0 Å². The molecule has 1 aromatic carbocycles. The van der Waals surface area contributed by atoms with Gasteiger partial charge in [0, 0.05) is 18.2 Å². The van der Waals surface area contributed by atoms with Gasteiger partial charge in [0.25, 0.3) is 0 Å². The molecule has 0 saturated carbocycles. The molecule has 20 heavy (non-hydrogen) atoms. The smallest absolute Gasteiger partial charge is 0.182 e. The number of rotatable bonds is 4. The fourth-order valence-electron chi connectivity index (χ4n) is 1.90. The Bertz CT molecular complexity index is 740. The number of nitrogens with one attached hydrogen (secondary N) is 2. The van der Waals surface area contributed by atoms with Crippen molar-refractivity contribution in [2.75, 3.05) is 12.4 Å². The van der Waals surface area contributed by atoms with E-state index in [-0.39, 0.29) is 5.75 Å². The van der Waals surface area contributed by atoms with Crippen molar-refractivity contribution < 1.29 is 9.84 Å². The molecule has 3 aromatic rings. The van der Waals surface area contributed by atoms with Crippen LogP contribution in [-0.2, 0) is 6.54 Å². The van der Waals surface area contributed by atoms with E-state index in [2.05, 4.69) is 25.3 Å². The van der Waals surface area contributed by atoms with Gasteiger partial charge in [0.15, 0.2) is 11.5 Å². The van der Waals surface area contributed by atoms with Crippen LogP contribution < -0.4 is 10.1 Å². The van der Waals surface area contributed by atoms with Gasteiger partial charge in [-0.2, -0.15) is 0 Å². The molecule has 3 N–H and O–H groups in total. The van der Waals surface area contributed by atoms with Crippen LogP contribution in [-0.4, -0.2) is 32.2 Å². The molecule has 0 bridgehead atoms. The SMILES string of the molecule is COc1ccc(CNc2ncnc3nc[nH]c23)c(O)c1. The monoisotopic (exact) mass is 271 g/mol. The number of phenolic OH excluding ortho intramolecular Hbond substituents is 1. The highest BCUT2D eigenvalue weighted by Gasteiger charge is 2.07. The number of aromatic amines is 1. The molecule has 0 fully saturated rings. The lowest BCUT2D eigenvalue weighted by atomic mass is 10.2. The van der Waals surface area contributed by atoms with Gasteiger partial charge in [0.1, 0.15) is 23.3 Å². The number of methoxy groups -OCH3 is 1. The second kappa shape index (κ2) is 5.04.